The van der Waals surface area contributed by atoms with E-state index in [2.05, 4.69) is 0 Å². The van der Waals surface area contributed by atoms with Crippen molar-refractivity contribution < 1.29 is 0 Å². The normalized spacial score (nSPS) is 8.44. The Morgan fingerprint density at radius 1 is 1.67 bits per heavy atom. The quantitative estimate of drug-likeness (QED) is 0.604. The largest absolute Gasteiger partial charge is 0.197 e. The van der Waals surface area contributed by atoms with E-state index in [1.807, 2.05) is 13.0 Å². The zero-order chi connectivity index (χ0) is 7.11. The number of nitrogens with zero attached hydrogens (tertiary/aromatic N) is 1. The first-order valence-corrected chi connectivity index (χ1v) is 4.85. The van der Waals surface area contributed by atoms with E-state index in [9.17, 15) is 0 Å². The third-order valence-electron chi connectivity index (χ3n) is 0.517. The molecule has 0 saturated heterocycles. The molecule has 0 aromatic heterocycles. The summed E-state index contributed by atoms with van der Waals surface area (Å²) in [5, 5.41) is 8.14. The average Bonchev–Trinajstić information content (AvgIpc) is 1.85. The Hall–Kier alpha value is 0.280. The van der Waals surface area contributed by atoms with Crippen LogP contribution in [0.25, 0.3) is 0 Å². The third-order valence-corrected chi connectivity index (χ3v) is 2.96. The van der Waals surface area contributed by atoms with Crippen molar-refractivity contribution in [1.82, 2.24) is 0 Å². The molecule has 0 aliphatic rings. The summed E-state index contributed by atoms with van der Waals surface area (Å²) in [6.07, 6.45) is 0. The van der Waals surface area contributed by atoms with E-state index in [1.54, 1.807) is 11.8 Å². The maximum absolute atomic E-state index is 8.14. The highest BCUT2D eigenvalue weighted by Gasteiger charge is 1.93. The van der Waals surface area contributed by atoms with Gasteiger partial charge in [0.05, 0.1) is 11.8 Å². The summed E-state index contributed by atoms with van der Waals surface area (Å²) < 4.78 is 0.874. The van der Waals surface area contributed by atoms with Gasteiger partial charge in [-0.2, -0.15) is 5.26 Å². The highest BCUT2D eigenvalue weighted by Crippen LogP contribution is 2.15. The lowest BCUT2D eigenvalue weighted by atomic mass is 10.9. The van der Waals surface area contributed by atoms with Crippen LogP contribution in [-0.2, 0) is 0 Å². The van der Waals surface area contributed by atoms with Gasteiger partial charge in [-0.1, -0.05) is 30.9 Å². The molecule has 0 radical (unpaired) electrons. The fourth-order valence-electron chi connectivity index (χ4n) is 0.251. The fraction of sp³-hybridized carbons (Fsp3) is 0.600. The molecule has 0 atom stereocenters. The smallest absolute Gasteiger partial charge is 0.105 e. The highest BCUT2D eigenvalue weighted by atomic mass is 32.2. The summed E-state index contributed by atoms with van der Waals surface area (Å²) in [6.45, 7) is 2.05. The van der Waals surface area contributed by atoms with Gasteiger partial charge in [-0.3, -0.25) is 0 Å². The molecule has 0 aliphatic heterocycles. The lowest BCUT2D eigenvalue weighted by Crippen LogP contribution is -1.81. The van der Waals surface area contributed by atoms with Gasteiger partial charge >= 0.3 is 0 Å². The zero-order valence-electron chi connectivity index (χ0n) is 5.09. The molecule has 0 aromatic carbocycles. The minimum absolute atomic E-state index is 0.478. The molecule has 0 aromatic rings. The van der Waals surface area contributed by atoms with Gasteiger partial charge in [0, 0.05) is 0 Å². The second kappa shape index (κ2) is 6.40. The summed E-state index contributed by atoms with van der Waals surface area (Å²) in [6, 6.07) is 2.02. The van der Waals surface area contributed by atoms with Gasteiger partial charge in [-0.25, -0.2) is 0 Å². The molecule has 0 spiro atoms. The van der Waals surface area contributed by atoms with Crippen LogP contribution in [0.4, 0.5) is 0 Å². The van der Waals surface area contributed by atoms with Crippen molar-refractivity contribution in [3.63, 3.8) is 0 Å². The molecular weight excluding hydrogens is 170 g/mol. The van der Waals surface area contributed by atoms with Crippen molar-refractivity contribution in [2.75, 3.05) is 11.5 Å². The minimum atomic E-state index is 0.478. The van der Waals surface area contributed by atoms with E-state index >= 15 is 0 Å². The lowest BCUT2D eigenvalue weighted by Gasteiger charge is -1.93. The lowest BCUT2D eigenvalue weighted by molar-refractivity contribution is 1.50. The molecule has 1 nitrogen and oxygen atoms in total. The molecule has 0 saturated carbocycles. The van der Waals surface area contributed by atoms with Crippen molar-refractivity contribution in [3.8, 4) is 6.07 Å². The first-order chi connectivity index (χ1) is 4.31. The zero-order valence-corrected chi connectivity index (χ0v) is 7.54. The molecule has 4 heteroatoms. The molecule has 0 bridgehead atoms. The molecular formula is C5H7NS3. The van der Waals surface area contributed by atoms with Gasteiger partial charge < -0.3 is 0 Å². The number of nitriles is 1. The Balaban J connectivity index is 3.19. The predicted octanol–water partition coefficient (Wildman–Crippen LogP) is 2.28. The van der Waals surface area contributed by atoms with E-state index in [-0.39, 0.29) is 0 Å². The van der Waals surface area contributed by atoms with Gasteiger partial charge in [0.25, 0.3) is 0 Å². The van der Waals surface area contributed by atoms with E-state index in [0.29, 0.717) is 5.75 Å². The summed E-state index contributed by atoms with van der Waals surface area (Å²) >= 11 is 7.94. The number of thioether (sulfide) groups is 2. The standard InChI is InChI=1S/C5H7NS3/c1-2-8-5(7)9-4-3-6/h2,4H2,1H3. The number of thiocarbonyl (C=S) groups is 1. The van der Waals surface area contributed by atoms with Crippen LogP contribution in [0, 0.1) is 11.3 Å². The second-order valence-electron chi connectivity index (χ2n) is 1.13. The van der Waals surface area contributed by atoms with Crippen LogP contribution in [0.3, 0.4) is 0 Å². The van der Waals surface area contributed by atoms with Crippen molar-refractivity contribution in [2.45, 2.75) is 6.92 Å². The molecule has 0 amide bonds. The molecule has 0 N–H and O–H groups in total. The van der Waals surface area contributed by atoms with Gasteiger partial charge in [0.1, 0.15) is 3.53 Å². The van der Waals surface area contributed by atoms with Crippen LogP contribution in [0.2, 0.25) is 0 Å². The number of hydrogen-bond donors (Lipinski definition) is 0. The first kappa shape index (κ1) is 9.28. The van der Waals surface area contributed by atoms with Gasteiger partial charge in [0.2, 0.25) is 0 Å². The van der Waals surface area contributed by atoms with Gasteiger partial charge in [-0.05, 0) is 5.75 Å². The van der Waals surface area contributed by atoms with Crippen LogP contribution in [0.5, 0.6) is 0 Å². The molecule has 50 valence electrons. The van der Waals surface area contributed by atoms with Crippen molar-refractivity contribution >= 4 is 39.3 Å². The Morgan fingerprint density at radius 2 is 2.33 bits per heavy atom. The Bertz CT molecular complexity index is 127. The first-order valence-electron chi connectivity index (χ1n) is 2.47. The van der Waals surface area contributed by atoms with Crippen LogP contribution in [0.1, 0.15) is 6.92 Å². The van der Waals surface area contributed by atoms with Crippen molar-refractivity contribution in [3.05, 3.63) is 0 Å². The molecule has 0 rings (SSSR count). The summed E-state index contributed by atoms with van der Waals surface area (Å²) in [5.41, 5.74) is 0. The van der Waals surface area contributed by atoms with Crippen LogP contribution < -0.4 is 0 Å². The Kier molecular flexibility index (Phi) is 6.60. The van der Waals surface area contributed by atoms with E-state index in [1.165, 1.54) is 11.8 Å². The predicted molar refractivity (Wildman–Crippen MR) is 48.8 cm³/mol. The Labute approximate surface area is 69.2 Å². The van der Waals surface area contributed by atoms with E-state index in [0.717, 1.165) is 9.28 Å². The van der Waals surface area contributed by atoms with Crippen molar-refractivity contribution in [1.29, 1.82) is 5.26 Å². The van der Waals surface area contributed by atoms with Crippen LogP contribution in [-0.4, -0.2) is 15.0 Å². The summed E-state index contributed by atoms with van der Waals surface area (Å²) in [5.74, 6) is 1.48. The molecule has 0 aliphatic carbocycles. The van der Waals surface area contributed by atoms with Crippen LogP contribution >= 0.6 is 35.7 Å². The molecule has 0 fully saturated rings. The monoisotopic (exact) mass is 177 g/mol. The third kappa shape index (κ3) is 6.16. The number of hydrogen-bond acceptors (Lipinski definition) is 4. The maximum atomic E-state index is 8.14. The topological polar surface area (TPSA) is 23.8 Å². The van der Waals surface area contributed by atoms with E-state index < -0.39 is 0 Å². The SMILES string of the molecule is CCSC(=S)SCC#N. The fourth-order valence-corrected chi connectivity index (χ4v) is 2.06. The van der Waals surface area contributed by atoms with Crippen LogP contribution in [0.15, 0.2) is 0 Å². The summed E-state index contributed by atoms with van der Waals surface area (Å²) in [4.78, 5) is 0. The number of rotatable bonds is 2. The maximum Gasteiger partial charge on any atom is 0.105 e. The van der Waals surface area contributed by atoms with Gasteiger partial charge in [-0.15, -0.1) is 11.8 Å². The second-order valence-corrected chi connectivity index (χ2v) is 4.57. The van der Waals surface area contributed by atoms with E-state index in [4.69, 9.17) is 17.5 Å². The minimum Gasteiger partial charge on any atom is -0.197 e. The molecule has 0 unspecified atom stereocenters. The Morgan fingerprint density at radius 3 is 2.78 bits per heavy atom. The van der Waals surface area contributed by atoms with Crippen molar-refractivity contribution in [2.24, 2.45) is 0 Å². The van der Waals surface area contributed by atoms with Gasteiger partial charge in [0.15, 0.2) is 0 Å². The molecule has 0 heterocycles. The molecule has 9 heavy (non-hydrogen) atoms. The average molecular weight is 177 g/mol. The highest BCUT2D eigenvalue weighted by molar-refractivity contribution is 8.47. The summed E-state index contributed by atoms with van der Waals surface area (Å²) in [7, 11) is 0.